The van der Waals surface area contributed by atoms with Crippen LogP contribution in [0.1, 0.15) is 5.56 Å². The van der Waals surface area contributed by atoms with Crippen molar-refractivity contribution in [2.75, 3.05) is 0 Å². The lowest BCUT2D eigenvalue weighted by Gasteiger charge is -2.06. The lowest BCUT2D eigenvalue weighted by Crippen LogP contribution is -2.03. The first-order valence-corrected chi connectivity index (χ1v) is 7.20. The number of aromatic nitrogens is 1. The molecule has 2 nitrogen and oxygen atoms in total. The molecule has 3 rings (SSSR count). The molecular weight excluding hydrogens is 350 g/mol. The van der Waals surface area contributed by atoms with E-state index in [9.17, 15) is 13.2 Å². The standard InChI is InChI=1S/C16H8Cl2F3NO/c17-12-6-3-10(7-13(12)18)14-8-15(23-22-14)9-1-4-11(5-2-9)16(19,20)21/h1-8H. The molecule has 0 aliphatic rings. The van der Waals surface area contributed by atoms with Gasteiger partial charge in [0, 0.05) is 17.2 Å². The van der Waals surface area contributed by atoms with Crippen molar-refractivity contribution in [1.82, 2.24) is 5.16 Å². The fourth-order valence-corrected chi connectivity index (χ4v) is 2.32. The summed E-state index contributed by atoms with van der Waals surface area (Å²) in [4.78, 5) is 0. The number of nitrogens with zero attached hydrogens (tertiary/aromatic N) is 1. The molecule has 0 saturated carbocycles. The van der Waals surface area contributed by atoms with Crippen LogP contribution in [0.3, 0.4) is 0 Å². The van der Waals surface area contributed by atoms with Crippen molar-refractivity contribution in [2.45, 2.75) is 6.18 Å². The summed E-state index contributed by atoms with van der Waals surface area (Å²) >= 11 is 11.8. The Morgan fingerprint density at radius 2 is 1.48 bits per heavy atom. The van der Waals surface area contributed by atoms with E-state index in [1.165, 1.54) is 12.1 Å². The van der Waals surface area contributed by atoms with Crippen molar-refractivity contribution in [3.8, 4) is 22.6 Å². The van der Waals surface area contributed by atoms with Crippen LogP contribution in [0.15, 0.2) is 53.1 Å². The van der Waals surface area contributed by atoms with Crippen molar-refractivity contribution in [3.63, 3.8) is 0 Å². The first-order chi connectivity index (χ1) is 10.8. The summed E-state index contributed by atoms with van der Waals surface area (Å²) in [5.41, 5.74) is 0.988. The van der Waals surface area contributed by atoms with E-state index < -0.39 is 11.7 Å². The minimum atomic E-state index is -4.37. The summed E-state index contributed by atoms with van der Waals surface area (Å²) in [5.74, 6) is 0.361. The zero-order valence-corrected chi connectivity index (χ0v) is 12.9. The highest BCUT2D eigenvalue weighted by atomic mass is 35.5. The van der Waals surface area contributed by atoms with Crippen LogP contribution in [-0.4, -0.2) is 5.16 Å². The van der Waals surface area contributed by atoms with E-state index in [0.29, 0.717) is 32.6 Å². The lowest BCUT2D eigenvalue weighted by molar-refractivity contribution is -0.137. The van der Waals surface area contributed by atoms with Crippen LogP contribution in [0, 0.1) is 0 Å². The quantitative estimate of drug-likeness (QED) is 0.535. The van der Waals surface area contributed by atoms with Crippen LogP contribution in [0.25, 0.3) is 22.6 Å². The maximum atomic E-state index is 12.6. The van der Waals surface area contributed by atoms with E-state index in [0.717, 1.165) is 12.1 Å². The summed E-state index contributed by atoms with van der Waals surface area (Å²) in [6.07, 6.45) is -4.37. The Kier molecular flexibility index (Phi) is 4.08. The van der Waals surface area contributed by atoms with Gasteiger partial charge in [0.05, 0.1) is 15.6 Å². The predicted octanol–water partition coefficient (Wildman–Crippen LogP) is 6.33. The first-order valence-electron chi connectivity index (χ1n) is 6.44. The molecule has 1 aromatic heterocycles. The molecule has 0 aliphatic heterocycles. The molecule has 0 atom stereocenters. The molecular formula is C16H8Cl2F3NO. The second-order valence-electron chi connectivity index (χ2n) is 4.78. The zero-order chi connectivity index (χ0) is 16.6. The fourth-order valence-electron chi connectivity index (χ4n) is 2.03. The van der Waals surface area contributed by atoms with Gasteiger partial charge in [0.2, 0.25) is 0 Å². The highest BCUT2D eigenvalue weighted by molar-refractivity contribution is 6.42. The molecule has 0 bridgehead atoms. The number of hydrogen-bond acceptors (Lipinski definition) is 2. The van der Waals surface area contributed by atoms with Gasteiger partial charge in [0.15, 0.2) is 5.76 Å². The van der Waals surface area contributed by atoms with Crippen LogP contribution in [-0.2, 0) is 6.18 Å². The Balaban J connectivity index is 1.91. The monoisotopic (exact) mass is 357 g/mol. The van der Waals surface area contributed by atoms with Crippen molar-refractivity contribution < 1.29 is 17.7 Å². The highest BCUT2D eigenvalue weighted by Gasteiger charge is 2.30. The molecule has 2 aromatic carbocycles. The maximum absolute atomic E-state index is 12.6. The molecule has 0 saturated heterocycles. The van der Waals surface area contributed by atoms with Crippen LogP contribution in [0.5, 0.6) is 0 Å². The maximum Gasteiger partial charge on any atom is 0.416 e. The Morgan fingerprint density at radius 1 is 0.826 bits per heavy atom. The number of rotatable bonds is 2. The van der Waals surface area contributed by atoms with Crippen LogP contribution < -0.4 is 0 Å². The molecule has 0 radical (unpaired) electrons. The SMILES string of the molecule is FC(F)(F)c1ccc(-c2cc(-c3ccc(Cl)c(Cl)c3)no2)cc1. The van der Waals surface area contributed by atoms with Gasteiger partial charge in [-0.2, -0.15) is 13.2 Å². The molecule has 23 heavy (non-hydrogen) atoms. The third kappa shape index (κ3) is 3.35. The Labute approximate surface area is 139 Å². The van der Waals surface area contributed by atoms with Crippen LogP contribution >= 0.6 is 23.2 Å². The highest BCUT2D eigenvalue weighted by Crippen LogP contribution is 2.33. The summed E-state index contributed by atoms with van der Waals surface area (Å²) in [5, 5.41) is 4.70. The Hall–Kier alpha value is -1.98. The fraction of sp³-hybridized carbons (Fsp3) is 0.0625. The van der Waals surface area contributed by atoms with Crippen molar-refractivity contribution >= 4 is 23.2 Å². The largest absolute Gasteiger partial charge is 0.416 e. The van der Waals surface area contributed by atoms with Crippen molar-refractivity contribution in [3.05, 3.63) is 64.1 Å². The minimum Gasteiger partial charge on any atom is -0.356 e. The third-order valence-electron chi connectivity index (χ3n) is 3.22. The second kappa shape index (κ2) is 5.91. The van der Waals surface area contributed by atoms with E-state index in [4.69, 9.17) is 27.7 Å². The van der Waals surface area contributed by atoms with Gasteiger partial charge in [0.1, 0.15) is 5.69 Å². The molecule has 118 valence electrons. The van der Waals surface area contributed by atoms with Gasteiger partial charge >= 0.3 is 6.18 Å². The zero-order valence-electron chi connectivity index (χ0n) is 11.4. The summed E-state index contributed by atoms with van der Waals surface area (Å²) in [6.45, 7) is 0. The molecule has 0 aliphatic carbocycles. The average Bonchev–Trinajstić information content (AvgIpc) is 2.99. The van der Waals surface area contributed by atoms with Gasteiger partial charge in [-0.1, -0.05) is 46.6 Å². The molecule has 0 N–H and O–H groups in total. The molecule has 1 heterocycles. The average molecular weight is 358 g/mol. The van der Waals surface area contributed by atoms with E-state index in [-0.39, 0.29) is 0 Å². The molecule has 0 unspecified atom stereocenters. The van der Waals surface area contributed by atoms with Crippen molar-refractivity contribution in [2.24, 2.45) is 0 Å². The number of benzene rings is 2. The van der Waals surface area contributed by atoms with E-state index in [2.05, 4.69) is 5.16 Å². The second-order valence-corrected chi connectivity index (χ2v) is 5.59. The Bertz CT molecular complexity index is 841. The van der Waals surface area contributed by atoms with Gasteiger partial charge in [-0.05, 0) is 24.3 Å². The lowest BCUT2D eigenvalue weighted by atomic mass is 10.1. The molecule has 0 amide bonds. The number of halogens is 5. The van der Waals surface area contributed by atoms with E-state index >= 15 is 0 Å². The smallest absolute Gasteiger partial charge is 0.356 e. The van der Waals surface area contributed by atoms with Gasteiger partial charge in [-0.15, -0.1) is 0 Å². The first kappa shape index (κ1) is 15.9. The topological polar surface area (TPSA) is 26.0 Å². The molecule has 0 fully saturated rings. The summed E-state index contributed by atoms with van der Waals surface area (Å²) < 4.78 is 42.9. The van der Waals surface area contributed by atoms with Gasteiger partial charge in [0.25, 0.3) is 0 Å². The summed E-state index contributed by atoms with van der Waals surface area (Å²) in [6, 6.07) is 11.3. The Morgan fingerprint density at radius 3 is 2.09 bits per heavy atom. The van der Waals surface area contributed by atoms with Crippen molar-refractivity contribution in [1.29, 1.82) is 0 Å². The van der Waals surface area contributed by atoms with Gasteiger partial charge in [-0.3, -0.25) is 0 Å². The van der Waals surface area contributed by atoms with Crippen LogP contribution in [0.4, 0.5) is 13.2 Å². The summed E-state index contributed by atoms with van der Waals surface area (Å²) in [7, 11) is 0. The van der Waals surface area contributed by atoms with E-state index in [1.54, 1.807) is 24.3 Å². The molecule has 0 spiro atoms. The van der Waals surface area contributed by atoms with Crippen LogP contribution in [0.2, 0.25) is 10.0 Å². The van der Waals surface area contributed by atoms with Gasteiger partial charge < -0.3 is 4.52 Å². The van der Waals surface area contributed by atoms with Gasteiger partial charge in [-0.25, -0.2) is 0 Å². The third-order valence-corrected chi connectivity index (χ3v) is 3.96. The number of hydrogen-bond donors (Lipinski definition) is 0. The normalized spacial score (nSPS) is 11.7. The molecule has 7 heteroatoms. The number of alkyl halides is 3. The van der Waals surface area contributed by atoms with E-state index in [1.807, 2.05) is 0 Å². The molecule has 3 aromatic rings. The predicted molar refractivity (Wildman–Crippen MR) is 82.4 cm³/mol. The minimum absolute atomic E-state index is 0.361.